The summed E-state index contributed by atoms with van der Waals surface area (Å²) in [6.07, 6.45) is 0.248. The van der Waals surface area contributed by atoms with E-state index in [1.165, 1.54) is 19.2 Å². The molecule has 0 fully saturated rings. The van der Waals surface area contributed by atoms with Crippen LogP contribution in [0.4, 0.5) is 8.78 Å². The summed E-state index contributed by atoms with van der Waals surface area (Å²) >= 11 is 0. The minimum Gasteiger partial charge on any atom is -0.493 e. The Morgan fingerprint density at radius 1 is 1.26 bits per heavy atom. The number of carboxylic acid groups (broad SMARTS) is 1. The third kappa shape index (κ3) is 5.72. The monoisotopic (exact) mass is 331 g/mol. The summed E-state index contributed by atoms with van der Waals surface area (Å²) in [6, 6.07) is 2.64. The van der Waals surface area contributed by atoms with E-state index >= 15 is 0 Å². The Hall–Kier alpha value is -2.38. The second-order valence-electron chi connectivity index (χ2n) is 5.24. The molecule has 6 nitrogen and oxygen atoms in total. The lowest BCUT2D eigenvalue weighted by Gasteiger charge is -2.17. The fourth-order valence-corrected chi connectivity index (χ4v) is 1.94. The van der Waals surface area contributed by atoms with Gasteiger partial charge in [-0.3, -0.25) is 4.79 Å². The molecule has 1 amide bonds. The second-order valence-corrected chi connectivity index (χ2v) is 5.24. The summed E-state index contributed by atoms with van der Waals surface area (Å²) < 4.78 is 33.9. The van der Waals surface area contributed by atoms with Crippen molar-refractivity contribution in [1.82, 2.24) is 5.32 Å². The number of aliphatic carboxylic acids is 1. The van der Waals surface area contributed by atoms with E-state index in [-0.39, 0.29) is 29.4 Å². The maximum Gasteiger partial charge on any atom is 0.387 e. The second kappa shape index (κ2) is 8.30. The zero-order chi connectivity index (χ0) is 17.6. The normalized spacial score (nSPS) is 12.1. The van der Waals surface area contributed by atoms with Crippen LogP contribution in [0, 0.1) is 5.92 Å². The number of hydrogen-bond acceptors (Lipinski definition) is 4. The smallest absolute Gasteiger partial charge is 0.387 e. The molecule has 8 heteroatoms. The summed E-state index contributed by atoms with van der Waals surface area (Å²) in [7, 11) is 1.27. The van der Waals surface area contributed by atoms with Crippen LogP contribution in [-0.2, 0) is 4.79 Å². The largest absolute Gasteiger partial charge is 0.493 e. The highest BCUT2D eigenvalue weighted by molar-refractivity contribution is 5.97. The highest BCUT2D eigenvalue weighted by atomic mass is 19.3. The molecule has 128 valence electrons. The first-order chi connectivity index (χ1) is 10.7. The Labute approximate surface area is 132 Å². The third-order valence-electron chi connectivity index (χ3n) is 2.95. The number of benzene rings is 1. The minimum atomic E-state index is -3.07. The average molecular weight is 331 g/mol. The van der Waals surface area contributed by atoms with E-state index in [9.17, 15) is 18.4 Å². The molecule has 0 aliphatic carbocycles. The number of hydrogen-bond donors (Lipinski definition) is 2. The van der Waals surface area contributed by atoms with E-state index in [2.05, 4.69) is 10.1 Å². The van der Waals surface area contributed by atoms with E-state index in [1.807, 2.05) is 13.8 Å². The topological polar surface area (TPSA) is 84.9 Å². The van der Waals surface area contributed by atoms with Crippen LogP contribution in [-0.4, -0.2) is 36.7 Å². The average Bonchev–Trinajstić information content (AvgIpc) is 2.45. The molecule has 0 saturated heterocycles. The number of methoxy groups -OCH3 is 1. The molecule has 0 saturated carbocycles. The first-order valence-electron chi connectivity index (χ1n) is 6.91. The quantitative estimate of drug-likeness (QED) is 0.764. The SMILES string of the molecule is COc1ccc(C(=O)N[C@@H](CC(C)C)C(=O)O)cc1OC(F)F. The van der Waals surface area contributed by atoms with Crippen LogP contribution < -0.4 is 14.8 Å². The van der Waals surface area contributed by atoms with Gasteiger partial charge in [-0.1, -0.05) is 13.8 Å². The molecule has 0 aromatic heterocycles. The van der Waals surface area contributed by atoms with Crippen molar-refractivity contribution < 1.29 is 33.0 Å². The van der Waals surface area contributed by atoms with Gasteiger partial charge in [0.25, 0.3) is 5.91 Å². The molecule has 1 aromatic carbocycles. The molecule has 0 heterocycles. The predicted molar refractivity (Wildman–Crippen MR) is 78.0 cm³/mol. The molecular weight excluding hydrogens is 312 g/mol. The first-order valence-corrected chi connectivity index (χ1v) is 6.91. The molecule has 0 aliphatic heterocycles. The number of rotatable bonds is 8. The van der Waals surface area contributed by atoms with Gasteiger partial charge in [0.2, 0.25) is 0 Å². The van der Waals surface area contributed by atoms with Crippen LogP contribution in [0.2, 0.25) is 0 Å². The fraction of sp³-hybridized carbons (Fsp3) is 0.467. The van der Waals surface area contributed by atoms with Gasteiger partial charge in [-0.2, -0.15) is 8.78 Å². The van der Waals surface area contributed by atoms with E-state index in [4.69, 9.17) is 9.84 Å². The Balaban J connectivity index is 2.96. The van der Waals surface area contributed by atoms with Gasteiger partial charge in [0.15, 0.2) is 11.5 Å². The predicted octanol–water partition coefficient (Wildman–Crippen LogP) is 2.53. The molecule has 0 aliphatic rings. The van der Waals surface area contributed by atoms with Crippen molar-refractivity contribution in [2.75, 3.05) is 7.11 Å². The van der Waals surface area contributed by atoms with Crippen LogP contribution in [0.1, 0.15) is 30.6 Å². The van der Waals surface area contributed by atoms with Gasteiger partial charge in [0, 0.05) is 5.56 Å². The maximum atomic E-state index is 12.4. The van der Waals surface area contributed by atoms with E-state index in [0.29, 0.717) is 0 Å². The van der Waals surface area contributed by atoms with Crippen molar-refractivity contribution in [2.45, 2.75) is 32.9 Å². The van der Waals surface area contributed by atoms with Crippen LogP contribution in [0.25, 0.3) is 0 Å². The third-order valence-corrected chi connectivity index (χ3v) is 2.95. The molecular formula is C15H19F2NO5. The molecule has 1 aromatic rings. The number of halogens is 2. The summed E-state index contributed by atoms with van der Waals surface area (Å²) in [5, 5.41) is 11.5. The van der Waals surface area contributed by atoms with Crippen molar-refractivity contribution >= 4 is 11.9 Å². The Morgan fingerprint density at radius 3 is 2.39 bits per heavy atom. The van der Waals surface area contributed by atoms with Crippen molar-refractivity contribution in [3.63, 3.8) is 0 Å². The first kappa shape index (κ1) is 18.7. The lowest BCUT2D eigenvalue weighted by molar-refractivity contribution is -0.139. The van der Waals surface area contributed by atoms with Crippen molar-refractivity contribution in [3.05, 3.63) is 23.8 Å². The summed E-state index contributed by atoms with van der Waals surface area (Å²) in [5.41, 5.74) is -0.00328. The lowest BCUT2D eigenvalue weighted by Crippen LogP contribution is -2.41. The molecule has 23 heavy (non-hydrogen) atoms. The minimum absolute atomic E-state index is 0.00328. The zero-order valence-electron chi connectivity index (χ0n) is 13.0. The number of carbonyl (C=O) groups excluding carboxylic acids is 1. The van der Waals surface area contributed by atoms with Crippen molar-refractivity contribution in [3.8, 4) is 11.5 Å². The van der Waals surface area contributed by atoms with Crippen LogP contribution in [0.15, 0.2) is 18.2 Å². The number of amides is 1. The van der Waals surface area contributed by atoms with Gasteiger partial charge in [0.05, 0.1) is 7.11 Å². The van der Waals surface area contributed by atoms with E-state index in [1.54, 1.807) is 0 Å². The number of carbonyl (C=O) groups is 2. The van der Waals surface area contributed by atoms with Gasteiger partial charge >= 0.3 is 12.6 Å². The van der Waals surface area contributed by atoms with Crippen molar-refractivity contribution in [1.29, 1.82) is 0 Å². The zero-order valence-corrected chi connectivity index (χ0v) is 13.0. The molecule has 0 spiro atoms. The van der Waals surface area contributed by atoms with E-state index in [0.717, 1.165) is 6.07 Å². The number of alkyl halides is 2. The molecule has 1 rings (SSSR count). The number of carboxylic acids is 1. The summed E-state index contributed by atoms with van der Waals surface area (Å²) in [5.74, 6) is -2.06. The van der Waals surface area contributed by atoms with Crippen LogP contribution in [0.3, 0.4) is 0 Å². The highest BCUT2D eigenvalue weighted by Gasteiger charge is 2.22. The molecule has 0 bridgehead atoms. The van der Waals surface area contributed by atoms with Crippen molar-refractivity contribution in [2.24, 2.45) is 5.92 Å². The standard InChI is InChI=1S/C15H19F2NO5/c1-8(2)6-10(14(20)21)18-13(19)9-4-5-11(22-3)12(7-9)23-15(16)17/h4-5,7-8,10,15H,6H2,1-3H3,(H,18,19)(H,20,21)/t10-/m0/s1. The van der Waals surface area contributed by atoms with Gasteiger partial charge < -0.3 is 19.9 Å². The van der Waals surface area contributed by atoms with Gasteiger partial charge in [-0.25, -0.2) is 4.79 Å². The summed E-state index contributed by atoms with van der Waals surface area (Å²) in [6.45, 7) is 0.573. The molecule has 1 atom stereocenters. The fourth-order valence-electron chi connectivity index (χ4n) is 1.94. The molecule has 0 radical (unpaired) electrons. The number of nitrogens with one attached hydrogen (secondary N) is 1. The van der Waals surface area contributed by atoms with E-state index < -0.39 is 24.5 Å². The van der Waals surface area contributed by atoms with Crippen LogP contribution >= 0.6 is 0 Å². The van der Waals surface area contributed by atoms with Gasteiger partial charge in [-0.05, 0) is 30.5 Å². The molecule has 0 unspecified atom stereocenters. The van der Waals surface area contributed by atoms with Gasteiger partial charge in [-0.15, -0.1) is 0 Å². The lowest BCUT2D eigenvalue weighted by atomic mass is 10.0. The molecule has 2 N–H and O–H groups in total. The Morgan fingerprint density at radius 2 is 1.91 bits per heavy atom. The van der Waals surface area contributed by atoms with Crippen LogP contribution in [0.5, 0.6) is 11.5 Å². The Kier molecular flexibility index (Phi) is 6.74. The maximum absolute atomic E-state index is 12.4. The highest BCUT2D eigenvalue weighted by Crippen LogP contribution is 2.29. The van der Waals surface area contributed by atoms with Gasteiger partial charge in [0.1, 0.15) is 6.04 Å². The number of ether oxygens (including phenoxy) is 2. The summed E-state index contributed by atoms with van der Waals surface area (Å²) in [4.78, 5) is 23.3. The Bertz CT molecular complexity index is 563.